The standard InChI is InChI=1S/C17H15NO3S/c1-13-9-11-15(12-10-13)22(19,20)21-18-17-8-4-6-14-5-2-3-7-16(14)17/h2-7,9-12H,8H2,1H3. The van der Waals surface area contributed by atoms with E-state index in [9.17, 15) is 8.42 Å². The van der Waals surface area contributed by atoms with Crippen LogP contribution in [0.5, 0.6) is 0 Å². The van der Waals surface area contributed by atoms with Crippen LogP contribution in [-0.2, 0) is 14.4 Å². The van der Waals surface area contributed by atoms with E-state index < -0.39 is 10.1 Å². The highest BCUT2D eigenvalue weighted by atomic mass is 32.2. The van der Waals surface area contributed by atoms with Gasteiger partial charge in [-0.3, -0.25) is 4.28 Å². The van der Waals surface area contributed by atoms with Gasteiger partial charge in [0, 0.05) is 12.0 Å². The van der Waals surface area contributed by atoms with E-state index in [1.807, 2.05) is 43.3 Å². The van der Waals surface area contributed by atoms with Gasteiger partial charge in [-0.2, -0.15) is 8.42 Å². The maximum Gasteiger partial charge on any atom is 0.358 e. The molecule has 2 aromatic carbocycles. The number of nitrogens with zero attached hydrogens (tertiary/aromatic N) is 1. The summed E-state index contributed by atoms with van der Waals surface area (Å²) in [5.41, 5.74) is 3.48. The van der Waals surface area contributed by atoms with Gasteiger partial charge < -0.3 is 0 Å². The molecule has 5 heteroatoms. The summed E-state index contributed by atoms with van der Waals surface area (Å²) in [7, 11) is -3.89. The van der Waals surface area contributed by atoms with E-state index in [-0.39, 0.29) is 4.90 Å². The lowest BCUT2D eigenvalue weighted by molar-refractivity contribution is 0.338. The van der Waals surface area contributed by atoms with Crippen molar-refractivity contribution >= 4 is 21.9 Å². The van der Waals surface area contributed by atoms with E-state index in [0.717, 1.165) is 16.7 Å². The fourth-order valence-electron chi connectivity index (χ4n) is 2.24. The predicted molar refractivity (Wildman–Crippen MR) is 86.1 cm³/mol. The van der Waals surface area contributed by atoms with E-state index in [1.54, 1.807) is 12.1 Å². The van der Waals surface area contributed by atoms with Crippen LogP contribution in [-0.4, -0.2) is 14.1 Å². The number of fused-ring (bicyclic) bond motifs is 1. The third-order valence-corrected chi connectivity index (χ3v) is 4.56. The maximum absolute atomic E-state index is 12.2. The number of rotatable bonds is 3. The molecular weight excluding hydrogens is 298 g/mol. The fraction of sp³-hybridized carbons (Fsp3) is 0.118. The molecule has 22 heavy (non-hydrogen) atoms. The van der Waals surface area contributed by atoms with Crippen molar-refractivity contribution in [1.82, 2.24) is 0 Å². The van der Waals surface area contributed by atoms with Crippen LogP contribution in [0.3, 0.4) is 0 Å². The van der Waals surface area contributed by atoms with Crippen LogP contribution in [0.15, 0.2) is 64.7 Å². The Labute approximate surface area is 129 Å². The summed E-state index contributed by atoms with van der Waals surface area (Å²) in [6, 6.07) is 14.1. The van der Waals surface area contributed by atoms with Gasteiger partial charge in [0.1, 0.15) is 4.90 Å². The fourth-order valence-corrected chi connectivity index (χ4v) is 2.98. The molecule has 0 unspecified atom stereocenters. The second kappa shape index (κ2) is 5.77. The molecule has 0 aromatic heterocycles. The van der Waals surface area contributed by atoms with Gasteiger partial charge in [-0.25, -0.2) is 0 Å². The first-order valence-electron chi connectivity index (χ1n) is 6.89. The average Bonchev–Trinajstić information content (AvgIpc) is 2.53. The maximum atomic E-state index is 12.2. The Kier molecular flexibility index (Phi) is 3.81. The van der Waals surface area contributed by atoms with Crippen LogP contribution in [0.25, 0.3) is 6.08 Å². The summed E-state index contributed by atoms with van der Waals surface area (Å²) in [5.74, 6) is 0. The van der Waals surface area contributed by atoms with Crippen molar-refractivity contribution in [2.24, 2.45) is 5.16 Å². The summed E-state index contributed by atoms with van der Waals surface area (Å²) in [5, 5.41) is 3.87. The van der Waals surface area contributed by atoms with E-state index in [4.69, 9.17) is 4.28 Å². The molecule has 0 heterocycles. The lowest BCUT2D eigenvalue weighted by Crippen LogP contribution is -2.09. The van der Waals surface area contributed by atoms with Gasteiger partial charge in [0.15, 0.2) is 0 Å². The molecule has 0 fully saturated rings. The Balaban J connectivity index is 1.88. The zero-order valence-electron chi connectivity index (χ0n) is 12.1. The van der Waals surface area contributed by atoms with Gasteiger partial charge in [0.2, 0.25) is 0 Å². The molecule has 0 radical (unpaired) electrons. The normalized spacial score (nSPS) is 15.6. The van der Waals surface area contributed by atoms with Crippen molar-refractivity contribution < 1.29 is 12.7 Å². The number of benzene rings is 2. The second-order valence-electron chi connectivity index (χ2n) is 5.07. The SMILES string of the molecule is Cc1ccc(S(=O)(=O)ON=C2CC=Cc3ccccc32)cc1. The number of allylic oxidation sites excluding steroid dienone is 1. The minimum Gasteiger partial charge on any atom is -0.264 e. The van der Waals surface area contributed by atoms with Crippen molar-refractivity contribution in [3.8, 4) is 0 Å². The molecule has 3 rings (SSSR count). The Morgan fingerprint density at radius 1 is 1.05 bits per heavy atom. The number of hydrogen-bond acceptors (Lipinski definition) is 4. The van der Waals surface area contributed by atoms with Crippen LogP contribution in [0.4, 0.5) is 0 Å². The van der Waals surface area contributed by atoms with Gasteiger partial charge in [-0.15, -0.1) is 0 Å². The first kappa shape index (κ1) is 14.5. The van der Waals surface area contributed by atoms with Crippen LogP contribution in [0.2, 0.25) is 0 Å². The Morgan fingerprint density at radius 2 is 1.77 bits per heavy atom. The monoisotopic (exact) mass is 313 g/mol. The number of aryl methyl sites for hydroxylation is 1. The predicted octanol–water partition coefficient (Wildman–Crippen LogP) is 3.52. The molecule has 4 nitrogen and oxygen atoms in total. The van der Waals surface area contributed by atoms with Crippen LogP contribution in [0.1, 0.15) is 23.1 Å². The molecule has 0 saturated heterocycles. The Hall–Kier alpha value is -2.40. The van der Waals surface area contributed by atoms with Crippen LogP contribution >= 0.6 is 0 Å². The molecule has 0 spiro atoms. The summed E-state index contributed by atoms with van der Waals surface area (Å²) < 4.78 is 29.2. The quantitative estimate of drug-likeness (QED) is 0.815. The minimum absolute atomic E-state index is 0.0992. The van der Waals surface area contributed by atoms with Gasteiger partial charge >= 0.3 is 10.1 Å². The van der Waals surface area contributed by atoms with Crippen LogP contribution < -0.4 is 0 Å². The Bertz CT molecular complexity index is 850. The van der Waals surface area contributed by atoms with Crippen molar-refractivity contribution in [3.05, 3.63) is 71.3 Å². The number of hydrogen-bond donors (Lipinski definition) is 0. The highest BCUT2D eigenvalue weighted by Crippen LogP contribution is 2.21. The van der Waals surface area contributed by atoms with Crippen molar-refractivity contribution in [2.75, 3.05) is 0 Å². The smallest absolute Gasteiger partial charge is 0.264 e. The van der Waals surface area contributed by atoms with E-state index in [0.29, 0.717) is 12.1 Å². The molecule has 0 saturated carbocycles. The van der Waals surface area contributed by atoms with Crippen LogP contribution in [0, 0.1) is 6.92 Å². The van der Waals surface area contributed by atoms with Gasteiger partial charge in [-0.05, 0) is 24.6 Å². The molecule has 0 N–H and O–H groups in total. The molecule has 0 atom stereocenters. The lowest BCUT2D eigenvalue weighted by Gasteiger charge is -2.12. The highest BCUT2D eigenvalue weighted by molar-refractivity contribution is 7.86. The summed E-state index contributed by atoms with van der Waals surface area (Å²) in [4.78, 5) is 0.0992. The molecule has 0 bridgehead atoms. The minimum atomic E-state index is -3.89. The molecular formula is C17H15NO3S. The second-order valence-corrected chi connectivity index (χ2v) is 6.60. The first-order chi connectivity index (χ1) is 10.6. The van der Waals surface area contributed by atoms with E-state index >= 15 is 0 Å². The molecule has 1 aliphatic rings. The van der Waals surface area contributed by atoms with Gasteiger partial charge in [0.25, 0.3) is 0 Å². The van der Waals surface area contributed by atoms with E-state index in [1.165, 1.54) is 12.1 Å². The zero-order chi connectivity index (χ0) is 15.6. The van der Waals surface area contributed by atoms with Gasteiger partial charge in [0.05, 0.1) is 5.71 Å². The zero-order valence-corrected chi connectivity index (χ0v) is 12.9. The third-order valence-electron chi connectivity index (χ3n) is 3.44. The van der Waals surface area contributed by atoms with E-state index in [2.05, 4.69) is 5.16 Å². The molecule has 0 aliphatic heterocycles. The molecule has 2 aromatic rings. The lowest BCUT2D eigenvalue weighted by atomic mass is 9.96. The summed E-state index contributed by atoms with van der Waals surface area (Å²) >= 11 is 0. The van der Waals surface area contributed by atoms with Crippen molar-refractivity contribution in [2.45, 2.75) is 18.2 Å². The topological polar surface area (TPSA) is 55.7 Å². The average molecular weight is 313 g/mol. The van der Waals surface area contributed by atoms with Gasteiger partial charge in [-0.1, -0.05) is 59.3 Å². The largest absolute Gasteiger partial charge is 0.358 e. The Morgan fingerprint density at radius 3 is 2.55 bits per heavy atom. The summed E-state index contributed by atoms with van der Waals surface area (Å²) in [6.45, 7) is 1.89. The molecule has 1 aliphatic carbocycles. The van der Waals surface area contributed by atoms with Crippen molar-refractivity contribution in [1.29, 1.82) is 0 Å². The summed E-state index contributed by atoms with van der Waals surface area (Å²) in [6.07, 6.45) is 4.46. The molecule has 0 amide bonds. The highest BCUT2D eigenvalue weighted by Gasteiger charge is 2.17. The molecule has 112 valence electrons. The first-order valence-corrected chi connectivity index (χ1v) is 8.30. The third kappa shape index (κ3) is 2.94. The van der Waals surface area contributed by atoms with Crippen molar-refractivity contribution in [3.63, 3.8) is 0 Å². The number of oxime groups is 1.